The largest absolute Gasteiger partial charge is 0.343 e. The van der Waals surface area contributed by atoms with Crippen LogP contribution in [-0.4, -0.2) is 28.6 Å². The first-order valence-corrected chi connectivity index (χ1v) is 6.50. The summed E-state index contributed by atoms with van der Waals surface area (Å²) in [6.07, 6.45) is 0. The van der Waals surface area contributed by atoms with E-state index in [-0.39, 0.29) is 18.4 Å². The monoisotopic (exact) mass is 296 g/mol. The van der Waals surface area contributed by atoms with Crippen LogP contribution in [0.5, 0.6) is 0 Å². The third-order valence-corrected chi connectivity index (χ3v) is 2.94. The van der Waals surface area contributed by atoms with Gasteiger partial charge in [0.2, 0.25) is 11.0 Å². The van der Waals surface area contributed by atoms with Crippen LogP contribution < -0.4 is 10.6 Å². The summed E-state index contributed by atoms with van der Waals surface area (Å²) in [6.45, 7) is -0.148. The first kappa shape index (κ1) is 13.4. The molecule has 2 aromatic rings. The van der Waals surface area contributed by atoms with Crippen LogP contribution in [0.25, 0.3) is 0 Å². The molecule has 0 atom stereocenters. The number of hydrogen-bond donors (Lipinski definition) is 2. The van der Waals surface area contributed by atoms with Crippen LogP contribution in [0.3, 0.4) is 0 Å². The smallest absolute Gasteiger partial charge is 0.251 e. The molecule has 0 saturated carbocycles. The van der Waals surface area contributed by atoms with Gasteiger partial charge in [-0.05, 0) is 18.2 Å². The number of aromatic nitrogens is 2. The maximum absolute atomic E-state index is 11.7. The Kier molecular flexibility index (Phi) is 4.43. The van der Waals surface area contributed by atoms with Crippen LogP contribution >= 0.6 is 22.9 Å². The second-order valence-electron chi connectivity index (χ2n) is 3.49. The van der Waals surface area contributed by atoms with Gasteiger partial charge in [0.15, 0.2) is 0 Å². The van der Waals surface area contributed by atoms with Crippen LogP contribution in [0.2, 0.25) is 5.02 Å². The second kappa shape index (κ2) is 6.26. The average molecular weight is 297 g/mol. The third kappa shape index (κ3) is 4.01. The summed E-state index contributed by atoms with van der Waals surface area (Å²) in [5, 5.41) is 13.1. The normalized spacial score (nSPS) is 9.95. The summed E-state index contributed by atoms with van der Waals surface area (Å²) in [5.41, 5.74) is 1.90. The Morgan fingerprint density at radius 3 is 2.89 bits per heavy atom. The van der Waals surface area contributed by atoms with Gasteiger partial charge in [0.25, 0.3) is 5.91 Å². The van der Waals surface area contributed by atoms with E-state index in [0.29, 0.717) is 15.7 Å². The third-order valence-electron chi connectivity index (χ3n) is 2.10. The molecule has 1 aromatic heterocycles. The second-order valence-corrected chi connectivity index (χ2v) is 4.75. The van der Waals surface area contributed by atoms with E-state index >= 15 is 0 Å². The number of anilines is 1. The topological polar surface area (TPSA) is 84.0 Å². The lowest BCUT2D eigenvalue weighted by Crippen LogP contribution is -2.32. The maximum Gasteiger partial charge on any atom is 0.251 e. The fourth-order valence-electron chi connectivity index (χ4n) is 1.28. The molecule has 0 radical (unpaired) electrons. The van der Waals surface area contributed by atoms with Crippen LogP contribution in [0.4, 0.5) is 5.13 Å². The zero-order valence-electron chi connectivity index (χ0n) is 9.59. The average Bonchev–Trinajstić information content (AvgIpc) is 2.88. The zero-order chi connectivity index (χ0) is 13.7. The van der Waals surface area contributed by atoms with Gasteiger partial charge in [0, 0.05) is 10.6 Å². The number of nitrogens with one attached hydrogen (secondary N) is 2. The molecule has 2 N–H and O–H groups in total. The molecule has 0 bridgehead atoms. The van der Waals surface area contributed by atoms with Crippen LogP contribution in [0, 0.1) is 0 Å². The molecule has 2 rings (SSSR count). The van der Waals surface area contributed by atoms with Gasteiger partial charge in [-0.1, -0.05) is 29.0 Å². The number of rotatable bonds is 4. The van der Waals surface area contributed by atoms with Crippen molar-refractivity contribution in [2.45, 2.75) is 0 Å². The summed E-state index contributed by atoms with van der Waals surface area (Å²) in [4.78, 5) is 23.2. The van der Waals surface area contributed by atoms with E-state index in [1.54, 1.807) is 18.2 Å². The highest BCUT2D eigenvalue weighted by Gasteiger charge is 2.09. The molecule has 0 saturated heterocycles. The first-order chi connectivity index (χ1) is 9.15. The van der Waals surface area contributed by atoms with Gasteiger partial charge in [-0.25, -0.2) is 0 Å². The summed E-state index contributed by atoms with van der Waals surface area (Å²) >= 11 is 6.97. The van der Waals surface area contributed by atoms with Crippen molar-refractivity contribution in [2.75, 3.05) is 11.9 Å². The first-order valence-electron chi connectivity index (χ1n) is 5.25. The molecular formula is C11H9ClN4O2S. The summed E-state index contributed by atoms with van der Waals surface area (Å²) in [6, 6.07) is 6.47. The van der Waals surface area contributed by atoms with E-state index in [2.05, 4.69) is 20.8 Å². The van der Waals surface area contributed by atoms with E-state index in [1.807, 2.05) is 0 Å². The van der Waals surface area contributed by atoms with Gasteiger partial charge in [-0.3, -0.25) is 14.9 Å². The van der Waals surface area contributed by atoms with Gasteiger partial charge in [0.1, 0.15) is 5.51 Å². The molecule has 98 valence electrons. The fourth-order valence-corrected chi connectivity index (χ4v) is 1.93. The molecule has 8 heteroatoms. The number of halogens is 1. The molecule has 0 aliphatic carbocycles. The Hall–Kier alpha value is -1.99. The zero-order valence-corrected chi connectivity index (χ0v) is 11.2. The van der Waals surface area contributed by atoms with Crippen LogP contribution in [-0.2, 0) is 4.79 Å². The predicted octanol–water partition coefficient (Wildman–Crippen LogP) is 1.56. The Morgan fingerprint density at radius 1 is 1.37 bits per heavy atom. The Balaban J connectivity index is 1.85. The van der Waals surface area contributed by atoms with Crippen molar-refractivity contribution in [1.29, 1.82) is 0 Å². The van der Waals surface area contributed by atoms with E-state index in [4.69, 9.17) is 11.6 Å². The number of carbonyl (C=O) groups excluding carboxylic acids is 2. The van der Waals surface area contributed by atoms with Crippen molar-refractivity contribution < 1.29 is 9.59 Å². The number of benzene rings is 1. The number of nitrogens with zero attached hydrogens (tertiary/aromatic N) is 2. The van der Waals surface area contributed by atoms with Crippen molar-refractivity contribution in [3.05, 3.63) is 40.4 Å². The molecule has 0 spiro atoms. The lowest BCUT2D eigenvalue weighted by Gasteiger charge is -2.05. The Labute approximate surface area is 117 Å². The maximum atomic E-state index is 11.7. The molecular weight excluding hydrogens is 288 g/mol. The van der Waals surface area contributed by atoms with Gasteiger partial charge in [-0.15, -0.1) is 10.2 Å². The van der Waals surface area contributed by atoms with Gasteiger partial charge in [0.05, 0.1) is 6.54 Å². The number of hydrogen-bond acceptors (Lipinski definition) is 5. The minimum Gasteiger partial charge on any atom is -0.343 e. The van der Waals surface area contributed by atoms with E-state index in [1.165, 1.54) is 22.9 Å². The summed E-state index contributed by atoms with van der Waals surface area (Å²) < 4.78 is 0. The Bertz CT molecular complexity index is 588. The highest BCUT2D eigenvalue weighted by atomic mass is 35.5. The SMILES string of the molecule is O=C(CNC(=O)c1cccc(Cl)c1)Nc1nncs1. The molecule has 2 amide bonds. The van der Waals surface area contributed by atoms with Crippen molar-refractivity contribution >= 4 is 39.9 Å². The van der Waals surface area contributed by atoms with Gasteiger partial charge >= 0.3 is 0 Å². The van der Waals surface area contributed by atoms with E-state index in [0.717, 1.165) is 0 Å². The minimum atomic E-state index is -0.368. The molecule has 0 aliphatic heterocycles. The molecule has 0 fully saturated rings. The standard InChI is InChI=1S/C11H9ClN4O2S/c12-8-3-1-2-7(4-8)10(18)13-5-9(17)15-11-16-14-6-19-11/h1-4,6H,5H2,(H,13,18)(H,15,16,17). The van der Waals surface area contributed by atoms with Crippen molar-refractivity contribution in [3.8, 4) is 0 Å². The van der Waals surface area contributed by atoms with Crippen molar-refractivity contribution in [3.63, 3.8) is 0 Å². The minimum absolute atomic E-state index is 0.148. The van der Waals surface area contributed by atoms with E-state index < -0.39 is 0 Å². The lowest BCUT2D eigenvalue weighted by molar-refractivity contribution is -0.115. The summed E-state index contributed by atoms with van der Waals surface area (Å²) in [5.74, 6) is -0.734. The summed E-state index contributed by atoms with van der Waals surface area (Å²) in [7, 11) is 0. The lowest BCUT2D eigenvalue weighted by atomic mass is 10.2. The van der Waals surface area contributed by atoms with Gasteiger partial charge < -0.3 is 5.32 Å². The molecule has 0 unspecified atom stereocenters. The quantitative estimate of drug-likeness (QED) is 0.897. The molecule has 0 aliphatic rings. The molecule has 6 nitrogen and oxygen atoms in total. The van der Waals surface area contributed by atoms with Crippen molar-refractivity contribution in [2.24, 2.45) is 0 Å². The van der Waals surface area contributed by atoms with E-state index in [9.17, 15) is 9.59 Å². The Morgan fingerprint density at radius 2 is 2.21 bits per heavy atom. The van der Waals surface area contributed by atoms with Gasteiger partial charge in [-0.2, -0.15) is 0 Å². The molecule has 19 heavy (non-hydrogen) atoms. The van der Waals surface area contributed by atoms with Crippen molar-refractivity contribution in [1.82, 2.24) is 15.5 Å². The molecule has 1 aromatic carbocycles. The number of amides is 2. The highest BCUT2D eigenvalue weighted by Crippen LogP contribution is 2.10. The fraction of sp³-hybridized carbons (Fsp3) is 0.0909. The highest BCUT2D eigenvalue weighted by molar-refractivity contribution is 7.13. The van der Waals surface area contributed by atoms with Crippen LogP contribution in [0.1, 0.15) is 10.4 Å². The predicted molar refractivity (Wildman–Crippen MR) is 72.3 cm³/mol. The number of carbonyl (C=O) groups is 2. The van der Waals surface area contributed by atoms with Crippen LogP contribution in [0.15, 0.2) is 29.8 Å². The molecule has 1 heterocycles.